The molecule has 0 aliphatic carbocycles. The number of carbonyl (C=O) groups excluding carboxylic acids is 4. The van der Waals surface area contributed by atoms with Crippen LogP contribution >= 0.6 is 15.9 Å². The smallest absolute Gasteiger partial charge is 0.308 e. The van der Waals surface area contributed by atoms with Gasteiger partial charge in [-0.2, -0.15) is 0 Å². The van der Waals surface area contributed by atoms with Crippen molar-refractivity contribution in [1.29, 1.82) is 0 Å². The molecule has 3 aromatic rings. The van der Waals surface area contributed by atoms with Crippen molar-refractivity contribution in [3.05, 3.63) is 75.9 Å². The number of para-hydroxylation sites is 1. The number of nitrogens with one attached hydrogen (secondary N) is 4. The summed E-state index contributed by atoms with van der Waals surface area (Å²) in [5.41, 5.74) is 3.39. The first-order valence-electron chi connectivity index (χ1n) is 15.6. The summed E-state index contributed by atoms with van der Waals surface area (Å²) in [5.74, 6) is -0.968. The van der Waals surface area contributed by atoms with Gasteiger partial charge in [-0.25, -0.2) is 0 Å². The number of ether oxygens (including phenoxy) is 2. The number of carbonyl (C=O) groups is 4. The van der Waals surface area contributed by atoms with Crippen molar-refractivity contribution in [2.24, 2.45) is 5.92 Å². The number of aromatic amines is 1. The van der Waals surface area contributed by atoms with Crippen LogP contribution in [-0.4, -0.2) is 54.0 Å². The maximum absolute atomic E-state index is 14.1. The number of rotatable bonds is 4. The topological polar surface area (TPSA) is 139 Å². The maximum Gasteiger partial charge on any atom is 0.308 e. The highest BCUT2D eigenvalue weighted by molar-refractivity contribution is 9.10. The fraction of sp³-hybridized carbons (Fsp3) is 0.429. The number of halogens is 1. The zero-order valence-corrected chi connectivity index (χ0v) is 28.5. The van der Waals surface area contributed by atoms with Crippen LogP contribution in [0, 0.1) is 5.92 Å². The van der Waals surface area contributed by atoms with Crippen molar-refractivity contribution in [2.75, 3.05) is 7.11 Å². The molecule has 46 heavy (non-hydrogen) atoms. The Balaban J connectivity index is 1.69. The lowest BCUT2D eigenvalue weighted by Gasteiger charge is -2.25. The number of benzene rings is 2. The molecule has 1 aromatic heterocycles. The van der Waals surface area contributed by atoms with Gasteiger partial charge in [0.25, 0.3) is 0 Å². The summed E-state index contributed by atoms with van der Waals surface area (Å²) in [6.45, 7) is 7.44. The third-order valence-electron chi connectivity index (χ3n) is 8.13. The molecule has 1 aliphatic rings. The molecule has 0 spiro atoms. The molecule has 1 aliphatic heterocycles. The molecule has 2 aromatic carbocycles. The number of esters is 1. The molecule has 0 fully saturated rings. The molecule has 10 nitrogen and oxygen atoms in total. The van der Waals surface area contributed by atoms with Gasteiger partial charge in [0.2, 0.25) is 17.7 Å². The second-order valence-corrected chi connectivity index (χ2v) is 12.9. The molecule has 0 saturated carbocycles. The molecule has 2 heterocycles. The van der Waals surface area contributed by atoms with Gasteiger partial charge in [0.05, 0.1) is 30.3 Å². The molecule has 0 unspecified atom stereocenters. The molecule has 3 amide bonds. The van der Waals surface area contributed by atoms with E-state index in [1.54, 1.807) is 38.3 Å². The van der Waals surface area contributed by atoms with Crippen molar-refractivity contribution in [1.82, 2.24) is 20.9 Å². The van der Waals surface area contributed by atoms with E-state index < -0.39 is 35.9 Å². The SMILES string of the molecule is COc1ccc([C@H]2CC(=O)O[C@@H](C)C[C@@H](C)/C=C(\C)CCC(=O)N[C@@H](C)C(=O)N[C@H](Cc3c(Br)[nH]c4ccccc34)C(=O)N2)cc1. The molecule has 11 heteroatoms. The van der Waals surface area contributed by atoms with Gasteiger partial charge in [-0.3, -0.25) is 19.2 Å². The predicted molar refractivity (Wildman–Crippen MR) is 180 cm³/mol. The van der Waals surface area contributed by atoms with Gasteiger partial charge in [-0.1, -0.05) is 48.9 Å². The zero-order valence-electron chi connectivity index (χ0n) is 26.9. The lowest BCUT2D eigenvalue weighted by molar-refractivity contribution is -0.149. The van der Waals surface area contributed by atoms with Gasteiger partial charge >= 0.3 is 5.97 Å². The number of hydrogen-bond donors (Lipinski definition) is 4. The number of allylic oxidation sites excluding steroid dienone is 2. The Morgan fingerprint density at radius 1 is 0.913 bits per heavy atom. The second kappa shape index (κ2) is 15.9. The first-order chi connectivity index (χ1) is 21.9. The number of fused-ring (bicyclic) bond motifs is 1. The summed E-state index contributed by atoms with van der Waals surface area (Å²) >= 11 is 3.58. The van der Waals surface area contributed by atoms with Crippen molar-refractivity contribution >= 4 is 50.5 Å². The van der Waals surface area contributed by atoms with Crippen LogP contribution in [0.2, 0.25) is 0 Å². The van der Waals surface area contributed by atoms with E-state index in [1.165, 1.54) is 0 Å². The average Bonchev–Trinajstić information content (AvgIpc) is 3.32. The van der Waals surface area contributed by atoms with Gasteiger partial charge < -0.3 is 30.4 Å². The minimum atomic E-state index is -1.04. The average molecular weight is 696 g/mol. The molecule has 0 radical (unpaired) electrons. The van der Waals surface area contributed by atoms with E-state index in [4.69, 9.17) is 9.47 Å². The monoisotopic (exact) mass is 694 g/mol. The molecule has 0 saturated heterocycles. The summed E-state index contributed by atoms with van der Waals surface area (Å²) in [7, 11) is 1.56. The van der Waals surface area contributed by atoms with Gasteiger partial charge in [0.15, 0.2) is 0 Å². The van der Waals surface area contributed by atoms with E-state index >= 15 is 0 Å². The molecule has 246 valence electrons. The largest absolute Gasteiger partial charge is 0.497 e. The number of aromatic nitrogens is 1. The van der Waals surface area contributed by atoms with Crippen LogP contribution < -0.4 is 20.7 Å². The summed E-state index contributed by atoms with van der Waals surface area (Å²) in [6, 6.07) is 12.1. The van der Waals surface area contributed by atoms with Crippen LogP contribution in [-0.2, 0) is 30.3 Å². The van der Waals surface area contributed by atoms with Crippen LogP contribution in [0.3, 0.4) is 0 Å². The van der Waals surface area contributed by atoms with Crippen molar-refractivity contribution < 1.29 is 28.7 Å². The lowest BCUT2D eigenvalue weighted by Crippen LogP contribution is -2.54. The van der Waals surface area contributed by atoms with Gasteiger partial charge in [0, 0.05) is 23.7 Å². The molecule has 0 bridgehead atoms. The number of H-pyrrole nitrogens is 1. The number of hydrogen-bond acceptors (Lipinski definition) is 6. The van der Waals surface area contributed by atoms with E-state index in [2.05, 4.69) is 42.9 Å². The van der Waals surface area contributed by atoms with Gasteiger partial charge in [-0.15, -0.1) is 0 Å². The highest BCUT2D eigenvalue weighted by Gasteiger charge is 2.30. The van der Waals surface area contributed by atoms with E-state index in [-0.39, 0.29) is 37.2 Å². The molecule has 5 atom stereocenters. The van der Waals surface area contributed by atoms with Gasteiger partial charge in [-0.05, 0) is 84.8 Å². The van der Waals surface area contributed by atoms with Crippen molar-refractivity contribution in [2.45, 2.75) is 84.0 Å². The first-order valence-corrected chi connectivity index (χ1v) is 16.4. The summed E-state index contributed by atoms with van der Waals surface area (Å²) in [4.78, 5) is 56.8. The summed E-state index contributed by atoms with van der Waals surface area (Å²) in [5, 5.41) is 9.52. The molecule has 4 rings (SSSR count). The number of methoxy groups -OCH3 is 1. The maximum atomic E-state index is 14.1. The highest BCUT2D eigenvalue weighted by atomic mass is 79.9. The minimum Gasteiger partial charge on any atom is -0.497 e. The Morgan fingerprint density at radius 3 is 2.35 bits per heavy atom. The summed E-state index contributed by atoms with van der Waals surface area (Å²) < 4.78 is 11.8. The Hall–Kier alpha value is -4.12. The van der Waals surface area contributed by atoms with Crippen LogP contribution in [0.25, 0.3) is 10.9 Å². The Morgan fingerprint density at radius 2 is 1.63 bits per heavy atom. The minimum absolute atomic E-state index is 0.110. The van der Waals surface area contributed by atoms with E-state index in [0.717, 1.165) is 22.0 Å². The third-order valence-corrected chi connectivity index (χ3v) is 8.81. The first kappa shape index (κ1) is 34.7. The third kappa shape index (κ3) is 9.45. The van der Waals surface area contributed by atoms with E-state index in [1.807, 2.05) is 45.0 Å². The van der Waals surface area contributed by atoms with E-state index in [9.17, 15) is 19.2 Å². The molecular weight excluding hydrogens is 652 g/mol. The molecule has 4 N–H and O–H groups in total. The summed E-state index contributed by atoms with van der Waals surface area (Å²) in [6.07, 6.45) is 3.09. The standard InChI is InChI=1S/C35H43BrN4O6/c1-20-10-15-31(41)37-23(4)34(43)40-30(18-27-26-8-6-7-9-28(26)38-33(27)36)35(44)39-29(24-11-13-25(45-5)14-12-24)19-32(42)46-22(3)17-21(2)16-20/h6-9,11-14,16,21-23,29-30,38H,10,15,17-19H2,1-5H3,(H,37,41)(H,39,44)(H,40,43)/b20-16+/t21-,22-,23-,29+,30+/m0/s1. The zero-order chi connectivity index (χ0) is 33.4. The lowest BCUT2D eigenvalue weighted by atomic mass is 9.99. The van der Waals surface area contributed by atoms with Crippen LogP contribution in [0.4, 0.5) is 0 Å². The fourth-order valence-corrected chi connectivity index (χ4v) is 6.36. The highest BCUT2D eigenvalue weighted by Crippen LogP contribution is 2.28. The Labute approximate surface area is 278 Å². The fourth-order valence-electron chi connectivity index (χ4n) is 5.78. The quantitative estimate of drug-likeness (QED) is 0.213. The normalized spacial score (nSPS) is 25.5. The Bertz CT molecular complexity index is 1580. The van der Waals surface area contributed by atoms with Crippen molar-refractivity contribution in [3.8, 4) is 5.75 Å². The van der Waals surface area contributed by atoms with Crippen LogP contribution in [0.1, 0.15) is 70.5 Å². The number of amides is 3. The second-order valence-electron chi connectivity index (χ2n) is 12.1. The predicted octanol–water partition coefficient (Wildman–Crippen LogP) is 5.42. The van der Waals surface area contributed by atoms with E-state index in [0.29, 0.717) is 28.8 Å². The van der Waals surface area contributed by atoms with Gasteiger partial charge in [0.1, 0.15) is 17.8 Å². The van der Waals surface area contributed by atoms with Crippen molar-refractivity contribution in [3.63, 3.8) is 0 Å². The Kier molecular flexibility index (Phi) is 12.0. The number of cyclic esters (lactones) is 1. The molecular formula is C35H43BrN4O6. The van der Waals surface area contributed by atoms with Crippen LogP contribution in [0.15, 0.2) is 64.8 Å². The van der Waals surface area contributed by atoms with Crippen LogP contribution in [0.5, 0.6) is 5.75 Å².